The molecule has 0 saturated heterocycles. The summed E-state index contributed by atoms with van der Waals surface area (Å²) >= 11 is 0. The third-order valence-electron chi connectivity index (χ3n) is 17.1. The van der Waals surface area contributed by atoms with E-state index >= 15 is 0 Å². The quantitative estimate of drug-likeness (QED) is 0.151. The Labute approximate surface area is 459 Å². The SMILES string of the molecule is c1ccc2c(c1)CCC2Oc1ccc2c(c1)-c1nc-2nc2[nH]c(nc3nc(nc4[nH]c(n1)c1ccc(OC5CCc6ccccc65)cc41)-c1ccc(OC4CCc5ccccc54)cc1-3)c1ccc(OC3CCc4ccccc43)cc21. The summed E-state index contributed by atoms with van der Waals surface area (Å²) in [5.41, 5.74) is 15.8. The van der Waals surface area contributed by atoms with Gasteiger partial charge in [-0.3, -0.25) is 0 Å². The van der Waals surface area contributed by atoms with Crippen LogP contribution in [-0.4, -0.2) is 39.9 Å². The van der Waals surface area contributed by atoms with Gasteiger partial charge in [0.25, 0.3) is 0 Å². The minimum Gasteiger partial charge on any atom is -0.486 e. The molecule has 80 heavy (non-hydrogen) atoms. The maximum atomic E-state index is 6.83. The summed E-state index contributed by atoms with van der Waals surface area (Å²) in [6.45, 7) is 0. The van der Waals surface area contributed by atoms with Crippen LogP contribution >= 0.6 is 0 Å². The second-order valence-corrected chi connectivity index (χ2v) is 21.8. The van der Waals surface area contributed by atoms with Crippen LogP contribution in [0.1, 0.15) is 94.6 Å². The van der Waals surface area contributed by atoms with E-state index in [1.54, 1.807) is 0 Å². The largest absolute Gasteiger partial charge is 0.486 e. The van der Waals surface area contributed by atoms with Crippen molar-refractivity contribution in [3.8, 4) is 68.5 Å². The van der Waals surface area contributed by atoms with Gasteiger partial charge in [-0.25, -0.2) is 29.9 Å². The lowest BCUT2D eigenvalue weighted by atomic mass is 10.1. The lowest BCUT2D eigenvalue weighted by Crippen LogP contribution is -2.03. The van der Waals surface area contributed by atoms with E-state index < -0.39 is 0 Å². The highest BCUT2D eigenvalue weighted by Crippen LogP contribution is 2.45. The molecule has 0 fully saturated rings. The molecule has 8 bridgehead atoms. The first kappa shape index (κ1) is 45.3. The maximum absolute atomic E-state index is 6.83. The number of benzene rings is 8. The standard InChI is InChI=1S/C68H50N8O4/c1-5-13-45-37(9-1)17-29-57(45)77-41-21-25-49-53(33-41)65-69-61(49)74-66-55-35-43(79-59-31-19-39-11-3-7-15-47(39)59)23-27-51(55)63(71-66)76-68-56-36-44(80-60-32-20-40-12-4-8-16-48(40)60)24-28-52(56)64(72-68)75-67-54-34-42(22-26-50(54)62(70-67)73-65)78-58-30-18-38-10-2-6-14-46(38)58/h1-16,21-28,33-36,57-60H,17-20,29-32H2,(H2,69,70,71,72,73,74,75,76). The molecule has 12 heteroatoms. The van der Waals surface area contributed by atoms with Crippen LogP contribution in [0.25, 0.3) is 89.7 Å². The van der Waals surface area contributed by atoms with E-state index in [4.69, 9.17) is 48.9 Å². The Morgan fingerprint density at radius 1 is 0.287 bits per heavy atom. The Balaban J connectivity index is 0.876. The normalized spacial score (nSPS) is 18.1. The van der Waals surface area contributed by atoms with Crippen LogP contribution in [0.15, 0.2) is 170 Å². The lowest BCUT2D eigenvalue weighted by Gasteiger charge is -2.15. The molecule has 4 aliphatic carbocycles. The number of rotatable bonds is 8. The Hall–Kier alpha value is -9.68. The van der Waals surface area contributed by atoms with Crippen molar-refractivity contribution < 1.29 is 18.9 Å². The Morgan fingerprint density at radius 3 is 0.950 bits per heavy atom. The molecule has 4 atom stereocenters. The zero-order valence-electron chi connectivity index (χ0n) is 43.4. The van der Waals surface area contributed by atoms with E-state index in [0.29, 0.717) is 45.9 Å². The number of nitrogens with zero attached hydrogens (tertiary/aromatic N) is 6. The highest BCUT2D eigenvalue weighted by Gasteiger charge is 2.30. The van der Waals surface area contributed by atoms with Gasteiger partial charge in [0.15, 0.2) is 23.3 Å². The summed E-state index contributed by atoms with van der Waals surface area (Å²) in [6.07, 6.45) is 7.24. The number of fused-ring (bicyclic) bond motifs is 24. The van der Waals surface area contributed by atoms with Gasteiger partial charge in [0.1, 0.15) is 70.0 Å². The van der Waals surface area contributed by atoms with Crippen LogP contribution < -0.4 is 18.9 Å². The molecule has 0 saturated carbocycles. The molecular weight excluding hydrogens is 993 g/mol. The predicted molar refractivity (Wildman–Crippen MR) is 309 cm³/mol. The monoisotopic (exact) mass is 1040 g/mol. The zero-order chi connectivity index (χ0) is 52.4. The van der Waals surface area contributed by atoms with Gasteiger partial charge in [-0.1, -0.05) is 97.1 Å². The van der Waals surface area contributed by atoms with Crippen molar-refractivity contribution in [1.29, 1.82) is 0 Å². The minimum atomic E-state index is -0.0667. The number of aryl methyl sites for hydroxylation is 4. The molecule has 0 spiro atoms. The van der Waals surface area contributed by atoms with Crippen LogP contribution in [0.3, 0.4) is 0 Å². The first-order valence-corrected chi connectivity index (χ1v) is 27.9. The summed E-state index contributed by atoms with van der Waals surface area (Å²) in [5, 5.41) is 3.36. The molecule has 6 aliphatic rings. The third kappa shape index (κ3) is 7.56. The van der Waals surface area contributed by atoms with Crippen molar-refractivity contribution in [3.63, 3.8) is 0 Å². The lowest BCUT2D eigenvalue weighted by molar-refractivity contribution is 0.207. The number of ether oxygens (including phenoxy) is 4. The fourth-order valence-corrected chi connectivity index (χ4v) is 13.2. The van der Waals surface area contributed by atoms with Gasteiger partial charge in [-0.2, -0.15) is 0 Å². The summed E-state index contributed by atoms with van der Waals surface area (Å²) in [7, 11) is 0. The summed E-state index contributed by atoms with van der Waals surface area (Å²) in [4.78, 5) is 39.6. The van der Waals surface area contributed by atoms with Crippen LogP contribution in [0.2, 0.25) is 0 Å². The Bertz CT molecular complexity index is 4300. The smallest absolute Gasteiger partial charge is 0.164 e. The van der Waals surface area contributed by atoms with E-state index in [-0.39, 0.29) is 24.4 Å². The fraction of sp³-hybridized carbons (Fsp3) is 0.176. The number of hydrogen-bond acceptors (Lipinski definition) is 10. The first-order valence-electron chi connectivity index (χ1n) is 27.9. The number of nitrogens with one attached hydrogen (secondary N) is 2. The summed E-state index contributed by atoms with van der Waals surface area (Å²) in [5.74, 6) is 4.91. The van der Waals surface area contributed by atoms with Gasteiger partial charge in [0.05, 0.1) is 0 Å². The van der Waals surface area contributed by atoms with Gasteiger partial charge >= 0.3 is 0 Å². The molecule has 11 aromatic rings. The van der Waals surface area contributed by atoms with Gasteiger partial charge in [-0.15, -0.1) is 0 Å². The van der Waals surface area contributed by atoms with Crippen LogP contribution in [0.4, 0.5) is 0 Å². The topological polar surface area (TPSA) is 146 Å². The van der Waals surface area contributed by atoms with E-state index in [9.17, 15) is 0 Å². The molecule has 2 aliphatic heterocycles. The van der Waals surface area contributed by atoms with E-state index in [1.165, 1.54) is 44.5 Å². The molecule has 5 heterocycles. The summed E-state index contributed by atoms with van der Waals surface area (Å²) < 4.78 is 27.3. The Morgan fingerprint density at radius 2 is 0.588 bits per heavy atom. The average Bonchev–Trinajstić information content (AvgIpc) is 4.45. The molecule has 4 unspecified atom stereocenters. The highest BCUT2D eigenvalue weighted by molar-refractivity contribution is 6.07. The second kappa shape index (κ2) is 17.9. The number of aromatic nitrogens is 8. The van der Waals surface area contributed by atoms with Crippen molar-refractivity contribution in [2.75, 3.05) is 0 Å². The molecule has 0 amide bonds. The maximum Gasteiger partial charge on any atom is 0.164 e. The van der Waals surface area contributed by atoms with Crippen LogP contribution in [0, 0.1) is 0 Å². The second-order valence-electron chi connectivity index (χ2n) is 21.8. The molecule has 0 radical (unpaired) electrons. The van der Waals surface area contributed by atoms with Crippen molar-refractivity contribution in [2.24, 2.45) is 0 Å². The van der Waals surface area contributed by atoms with Gasteiger partial charge < -0.3 is 28.9 Å². The molecule has 386 valence electrons. The van der Waals surface area contributed by atoms with E-state index in [2.05, 4.69) is 156 Å². The van der Waals surface area contributed by atoms with Crippen molar-refractivity contribution in [1.82, 2.24) is 39.9 Å². The van der Waals surface area contributed by atoms with Gasteiger partial charge in [0, 0.05) is 43.8 Å². The van der Waals surface area contributed by atoms with E-state index in [1.807, 2.05) is 24.3 Å². The van der Waals surface area contributed by atoms with Gasteiger partial charge in [-0.05, 0) is 169 Å². The molecule has 12 nitrogen and oxygen atoms in total. The van der Waals surface area contributed by atoms with Crippen LogP contribution in [-0.2, 0) is 25.7 Å². The third-order valence-corrected chi connectivity index (χ3v) is 17.1. The minimum absolute atomic E-state index is 0.0647. The highest BCUT2D eigenvalue weighted by atomic mass is 16.5. The molecular formula is C68H50N8O4. The molecule has 8 aromatic carbocycles. The predicted octanol–water partition coefficient (Wildman–Crippen LogP) is 15.1. The number of aromatic amines is 2. The molecule has 3 aromatic heterocycles. The number of H-pyrrole nitrogens is 2. The van der Waals surface area contributed by atoms with Crippen molar-refractivity contribution in [2.45, 2.75) is 75.8 Å². The van der Waals surface area contributed by atoms with Crippen molar-refractivity contribution in [3.05, 3.63) is 214 Å². The number of hydrogen-bond donors (Lipinski definition) is 2. The first-order chi connectivity index (χ1) is 39.5. The van der Waals surface area contributed by atoms with Crippen molar-refractivity contribution >= 4 is 44.1 Å². The fourth-order valence-electron chi connectivity index (χ4n) is 13.2. The molecule has 2 N–H and O–H groups in total. The van der Waals surface area contributed by atoms with Gasteiger partial charge in [0.2, 0.25) is 0 Å². The van der Waals surface area contributed by atoms with E-state index in [0.717, 1.165) is 118 Å². The molecule has 17 rings (SSSR count). The summed E-state index contributed by atoms with van der Waals surface area (Å²) in [6, 6.07) is 58.8. The zero-order valence-corrected chi connectivity index (χ0v) is 43.4. The average molecular weight is 1040 g/mol. The Kier molecular flexibility index (Phi) is 10.2. The van der Waals surface area contributed by atoms with Crippen LogP contribution in [0.5, 0.6) is 23.0 Å².